The fourth-order valence-electron chi connectivity index (χ4n) is 3.98. The molecule has 4 rings (SSSR count). The van der Waals surface area contributed by atoms with Crippen LogP contribution in [0.25, 0.3) is 0 Å². The predicted molar refractivity (Wildman–Crippen MR) is 133 cm³/mol. The maximum Gasteiger partial charge on any atom is 0.278 e. The highest BCUT2D eigenvalue weighted by Gasteiger charge is 2.41. The molecule has 180 valence electrons. The Morgan fingerprint density at radius 2 is 1.94 bits per heavy atom. The van der Waals surface area contributed by atoms with Gasteiger partial charge in [-0.1, -0.05) is 36.4 Å². The summed E-state index contributed by atoms with van der Waals surface area (Å²) >= 11 is 6.15. The van der Waals surface area contributed by atoms with E-state index in [-0.39, 0.29) is 18.0 Å². The summed E-state index contributed by atoms with van der Waals surface area (Å²) in [6.45, 7) is 5.64. The number of hydrogen-bond donors (Lipinski definition) is 3. The first kappa shape index (κ1) is 24.2. The van der Waals surface area contributed by atoms with Crippen molar-refractivity contribution in [3.63, 3.8) is 0 Å². The summed E-state index contributed by atoms with van der Waals surface area (Å²) in [7, 11) is 0. The Bertz CT molecular complexity index is 1270. The number of imide groups is 1. The molecule has 4 amide bonds. The second-order valence-electron chi connectivity index (χ2n) is 8.56. The molecule has 2 aromatic carbocycles. The molecule has 1 atom stereocenters. The van der Waals surface area contributed by atoms with E-state index in [2.05, 4.69) is 22.5 Å². The summed E-state index contributed by atoms with van der Waals surface area (Å²) in [4.78, 5) is 51.0. The van der Waals surface area contributed by atoms with Crippen LogP contribution in [-0.4, -0.2) is 34.6 Å². The average Bonchev–Trinajstić information content (AvgIpc) is 3.08. The van der Waals surface area contributed by atoms with Crippen molar-refractivity contribution in [1.29, 1.82) is 0 Å². The highest BCUT2D eigenvalue weighted by atomic mass is 35.5. The van der Waals surface area contributed by atoms with E-state index >= 15 is 0 Å². The minimum atomic E-state index is -0.870. The molecular weight excluding hydrogens is 468 g/mol. The maximum absolute atomic E-state index is 12.9. The van der Waals surface area contributed by atoms with E-state index in [1.54, 1.807) is 24.3 Å². The first-order valence-corrected chi connectivity index (χ1v) is 11.6. The second-order valence-corrected chi connectivity index (χ2v) is 8.96. The molecule has 0 saturated carbocycles. The van der Waals surface area contributed by atoms with Crippen LogP contribution in [0.2, 0.25) is 5.02 Å². The van der Waals surface area contributed by atoms with E-state index in [1.807, 2.05) is 25.1 Å². The van der Waals surface area contributed by atoms with Crippen molar-refractivity contribution < 1.29 is 19.2 Å². The smallest absolute Gasteiger partial charge is 0.278 e. The van der Waals surface area contributed by atoms with Crippen LogP contribution in [0.1, 0.15) is 30.4 Å². The number of nitrogens with one attached hydrogen (secondary N) is 3. The summed E-state index contributed by atoms with van der Waals surface area (Å²) in [6, 6.07) is 11.7. The van der Waals surface area contributed by atoms with E-state index < -0.39 is 23.8 Å². The summed E-state index contributed by atoms with van der Waals surface area (Å²) in [5, 5.41) is 9.03. The van der Waals surface area contributed by atoms with Crippen LogP contribution >= 0.6 is 11.6 Å². The number of benzene rings is 2. The molecule has 8 nitrogen and oxygen atoms in total. The van der Waals surface area contributed by atoms with E-state index in [4.69, 9.17) is 11.6 Å². The molecular formula is C26H25ClN4O4. The molecule has 0 bridgehead atoms. The van der Waals surface area contributed by atoms with E-state index in [0.29, 0.717) is 41.4 Å². The fourth-order valence-corrected chi connectivity index (χ4v) is 4.18. The van der Waals surface area contributed by atoms with Crippen LogP contribution in [0.4, 0.5) is 11.4 Å². The molecule has 1 fully saturated rings. The van der Waals surface area contributed by atoms with E-state index in [0.717, 1.165) is 16.0 Å². The van der Waals surface area contributed by atoms with E-state index in [1.165, 1.54) is 6.08 Å². The van der Waals surface area contributed by atoms with E-state index in [9.17, 15) is 19.2 Å². The Hall–Kier alpha value is -3.91. The number of aryl methyl sites for hydroxylation is 2. The van der Waals surface area contributed by atoms with Gasteiger partial charge in [0.25, 0.3) is 11.8 Å². The number of anilines is 2. The van der Waals surface area contributed by atoms with Gasteiger partial charge in [-0.3, -0.25) is 24.1 Å². The maximum atomic E-state index is 12.9. The van der Waals surface area contributed by atoms with Crippen molar-refractivity contribution >= 4 is 46.6 Å². The number of rotatable bonds is 7. The first-order valence-electron chi connectivity index (χ1n) is 11.2. The van der Waals surface area contributed by atoms with Crippen LogP contribution in [0, 0.1) is 6.92 Å². The molecule has 2 heterocycles. The van der Waals surface area contributed by atoms with Crippen molar-refractivity contribution in [2.24, 2.45) is 0 Å². The highest BCUT2D eigenvalue weighted by Crippen LogP contribution is 2.25. The van der Waals surface area contributed by atoms with Crippen molar-refractivity contribution in [1.82, 2.24) is 10.2 Å². The standard InChI is InChI=1S/C26H25ClN4O4/c1-15-6-8-17(12-20(15)27)9-11-23(32)30-19-5-3-4-18(13-19)29-21-14-24(33)31(26(21)35)22-10-7-16(2)28-25(22)34/h3-6,8,12-14,22,29H,2,7,9-11H2,1H3,(H,28,34)(H,30,32). The Labute approximate surface area is 208 Å². The summed E-state index contributed by atoms with van der Waals surface area (Å²) in [6.07, 6.45) is 2.83. The molecule has 0 aliphatic carbocycles. The Kier molecular flexibility index (Phi) is 7.02. The van der Waals surface area contributed by atoms with Crippen molar-refractivity contribution in [2.45, 2.75) is 38.6 Å². The number of carbonyl (C=O) groups is 4. The molecule has 2 aliphatic rings. The third-order valence-corrected chi connectivity index (χ3v) is 6.30. The molecule has 35 heavy (non-hydrogen) atoms. The van der Waals surface area contributed by atoms with Crippen molar-refractivity contribution in [2.75, 3.05) is 10.6 Å². The number of nitrogens with zero attached hydrogens (tertiary/aromatic N) is 1. The van der Waals surface area contributed by atoms with Crippen LogP contribution in [0.15, 0.2) is 66.5 Å². The van der Waals surface area contributed by atoms with Gasteiger partial charge >= 0.3 is 0 Å². The molecule has 0 aromatic heterocycles. The zero-order valence-electron chi connectivity index (χ0n) is 19.2. The molecule has 1 saturated heterocycles. The second kappa shape index (κ2) is 10.1. The Morgan fingerprint density at radius 3 is 2.69 bits per heavy atom. The van der Waals surface area contributed by atoms with Crippen LogP contribution in [0.3, 0.4) is 0 Å². The third kappa shape index (κ3) is 5.60. The number of hydrogen-bond acceptors (Lipinski definition) is 5. The predicted octanol–water partition coefficient (Wildman–Crippen LogP) is 3.68. The van der Waals surface area contributed by atoms with Gasteiger partial charge in [-0.05, 0) is 61.6 Å². The molecule has 2 aliphatic heterocycles. The van der Waals surface area contributed by atoms with Gasteiger partial charge in [0, 0.05) is 34.6 Å². The van der Waals surface area contributed by atoms with Gasteiger partial charge in [0.15, 0.2) is 0 Å². The molecule has 0 spiro atoms. The first-order chi connectivity index (χ1) is 16.7. The minimum absolute atomic E-state index is 0.0620. The van der Waals surface area contributed by atoms with Crippen LogP contribution in [-0.2, 0) is 25.6 Å². The van der Waals surface area contributed by atoms with Crippen LogP contribution in [0.5, 0.6) is 0 Å². The van der Waals surface area contributed by atoms with Gasteiger partial charge in [0.2, 0.25) is 11.8 Å². The lowest BCUT2D eigenvalue weighted by Crippen LogP contribution is -2.52. The highest BCUT2D eigenvalue weighted by molar-refractivity contribution is 6.31. The summed E-state index contributed by atoms with van der Waals surface area (Å²) in [5.41, 5.74) is 3.65. The third-order valence-electron chi connectivity index (χ3n) is 5.89. The zero-order chi connectivity index (χ0) is 25.1. The number of piperidine rings is 1. The van der Waals surface area contributed by atoms with Gasteiger partial charge in [-0.2, -0.15) is 0 Å². The molecule has 2 aromatic rings. The monoisotopic (exact) mass is 492 g/mol. The van der Waals surface area contributed by atoms with Crippen molar-refractivity contribution in [3.8, 4) is 0 Å². The van der Waals surface area contributed by atoms with Gasteiger partial charge in [0.1, 0.15) is 11.7 Å². The van der Waals surface area contributed by atoms with Gasteiger partial charge in [-0.25, -0.2) is 0 Å². The topological polar surface area (TPSA) is 108 Å². The lowest BCUT2D eigenvalue weighted by molar-refractivity contribution is -0.146. The lowest BCUT2D eigenvalue weighted by atomic mass is 10.0. The molecule has 9 heteroatoms. The van der Waals surface area contributed by atoms with Crippen LogP contribution < -0.4 is 16.0 Å². The van der Waals surface area contributed by atoms with Gasteiger partial charge in [-0.15, -0.1) is 0 Å². The largest absolute Gasteiger partial charge is 0.351 e. The Balaban J connectivity index is 1.36. The fraction of sp³-hybridized carbons (Fsp3) is 0.231. The number of allylic oxidation sites excluding steroid dienone is 1. The quantitative estimate of drug-likeness (QED) is 0.511. The Morgan fingerprint density at radius 1 is 1.17 bits per heavy atom. The SMILES string of the molecule is C=C1CCC(N2C(=O)C=C(Nc3cccc(NC(=O)CCc4ccc(C)c(Cl)c4)c3)C2=O)C(=O)N1. The normalized spacial score (nSPS) is 17.8. The minimum Gasteiger partial charge on any atom is -0.351 e. The van der Waals surface area contributed by atoms with Crippen molar-refractivity contribution in [3.05, 3.63) is 82.7 Å². The molecule has 3 N–H and O–H groups in total. The lowest BCUT2D eigenvalue weighted by Gasteiger charge is -2.29. The average molecular weight is 493 g/mol. The number of carbonyl (C=O) groups excluding carboxylic acids is 4. The van der Waals surface area contributed by atoms with Gasteiger partial charge in [0.05, 0.1) is 0 Å². The molecule has 1 unspecified atom stereocenters. The number of amides is 4. The zero-order valence-corrected chi connectivity index (χ0v) is 19.9. The molecule has 0 radical (unpaired) electrons. The number of halogens is 1. The van der Waals surface area contributed by atoms with Gasteiger partial charge < -0.3 is 16.0 Å². The summed E-state index contributed by atoms with van der Waals surface area (Å²) in [5.74, 6) is -1.71. The summed E-state index contributed by atoms with van der Waals surface area (Å²) < 4.78 is 0.